The maximum Gasteiger partial charge on any atom is 0.407 e. The number of carbonyl (C=O) groups excluding carboxylic acids is 2. The highest BCUT2D eigenvalue weighted by atomic mass is 127. The van der Waals surface area contributed by atoms with Crippen LogP contribution in [0.15, 0.2) is 6.20 Å². The smallest absolute Gasteiger partial charge is 0.407 e. The van der Waals surface area contributed by atoms with Crippen molar-refractivity contribution in [2.75, 3.05) is 13.2 Å². The van der Waals surface area contributed by atoms with Gasteiger partial charge in [-0.05, 0) is 50.3 Å². The molecule has 1 amide bonds. The van der Waals surface area contributed by atoms with E-state index >= 15 is 0 Å². The zero-order valence-electron chi connectivity index (χ0n) is 12.6. The molecule has 8 heteroatoms. The molecular formula is C13H20IN3O4. The number of hydrogen-bond donors (Lipinski definition) is 1. The lowest BCUT2D eigenvalue weighted by molar-refractivity contribution is 0.0510. The molecule has 1 N–H and O–H groups in total. The van der Waals surface area contributed by atoms with Crippen LogP contribution in [0.1, 0.15) is 38.2 Å². The average Bonchev–Trinajstić information content (AvgIpc) is 2.68. The zero-order chi connectivity index (χ0) is 16.0. The van der Waals surface area contributed by atoms with E-state index in [1.165, 1.54) is 4.68 Å². The Bertz CT molecular complexity index is 508. The lowest BCUT2D eigenvalue weighted by atomic mass is 10.2. The summed E-state index contributed by atoms with van der Waals surface area (Å²) in [6.07, 6.45) is 1.09. The Morgan fingerprint density at radius 3 is 2.67 bits per heavy atom. The fourth-order valence-electron chi connectivity index (χ4n) is 1.51. The summed E-state index contributed by atoms with van der Waals surface area (Å²) in [5.74, 6) is -0.420. The molecule has 1 aromatic rings. The third-order valence-corrected chi connectivity index (χ3v) is 3.04. The van der Waals surface area contributed by atoms with Gasteiger partial charge in [0, 0.05) is 6.54 Å². The lowest BCUT2D eigenvalue weighted by Crippen LogP contribution is -2.34. The third kappa shape index (κ3) is 5.90. The van der Waals surface area contributed by atoms with E-state index in [-0.39, 0.29) is 0 Å². The molecule has 21 heavy (non-hydrogen) atoms. The Morgan fingerprint density at radius 1 is 1.43 bits per heavy atom. The first-order valence-corrected chi connectivity index (χ1v) is 7.67. The van der Waals surface area contributed by atoms with E-state index in [1.807, 2.05) is 22.6 Å². The van der Waals surface area contributed by atoms with E-state index in [0.717, 1.165) is 0 Å². The van der Waals surface area contributed by atoms with Crippen LogP contribution in [0.3, 0.4) is 0 Å². The van der Waals surface area contributed by atoms with Crippen molar-refractivity contribution in [1.82, 2.24) is 15.1 Å². The fourth-order valence-corrected chi connectivity index (χ4v) is 2.14. The summed E-state index contributed by atoms with van der Waals surface area (Å²) in [5.41, 5.74) is -0.148. The molecule has 118 valence electrons. The first kappa shape index (κ1) is 17.7. The van der Waals surface area contributed by atoms with Gasteiger partial charge in [0.1, 0.15) is 5.60 Å². The van der Waals surface area contributed by atoms with E-state index in [1.54, 1.807) is 33.9 Å². The van der Waals surface area contributed by atoms with E-state index in [4.69, 9.17) is 9.47 Å². The maximum atomic E-state index is 11.8. The van der Waals surface area contributed by atoms with Crippen molar-refractivity contribution in [3.05, 3.63) is 15.5 Å². The second-order valence-electron chi connectivity index (χ2n) is 5.21. The first-order valence-electron chi connectivity index (χ1n) is 6.60. The summed E-state index contributed by atoms with van der Waals surface area (Å²) >= 11 is 2.02. The van der Waals surface area contributed by atoms with Gasteiger partial charge in [-0.3, -0.25) is 4.68 Å². The predicted octanol–water partition coefficient (Wildman–Crippen LogP) is 2.19. The fraction of sp³-hybridized carbons (Fsp3) is 0.615. The lowest BCUT2D eigenvalue weighted by Gasteiger charge is -2.19. The van der Waals surface area contributed by atoms with Gasteiger partial charge in [-0.15, -0.1) is 0 Å². The molecule has 0 bridgehead atoms. The monoisotopic (exact) mass is 409 g/mol. The molecule has 0 saturated heterocycles. The molecule has 0 spiro atoms. The van der Waals surface area contributed by atoms with Gasteiger partial charge in [-0.1, -0.05) is 0 Å². The summed E-state index contributed by atoms with van der Waals surface area (Å²) < 4.78 is 12.3. The van der Waals surface area contributed by atoms with Crippen LogP contribution in [0.5, 0.6) is 0 Å². The largest absolute Gasteiger partial charge is 0.461 e. The Hall–Kier alpha value is -1.32. The summed E-state index contributed by atoms with van der Waals surface area (Å²) in [6.45, 7) is 8.09. The molecule has 1 heterocycles. The van der Waals surface area contributed by atoms with Crippen LogP contribution in [-0.4, -0.2) is 40.6 Å². The molecule has 0 fully saturated rings. The molecule has 0 aromatic carbocycles. The van der Waals surface area contributed by atoms with E-state index < -0.39 is 17.7 Å². The molecule has 0 saturated carbocycles. The SMILES string of the molecule is CCOC(=O)c1c(I)cnn1CCNC(=O)OC(C)(C)C. The summed E-state index contributed by atoms with van der Waals surface area (Å²) in [4.78, 5) is 23.4. The molecule has 0 unspecified atom stereocenters. The van der Waals surface area contributed by atoms with Gasteiger partial charge < -0.3 is 14.8 Å². The van der Waals surface area contributed by atoms with Gasteiger partial charge in [0.05, 0.1) is 22.9 Å². The van der Waals surface area contributed by atoms with E-state index in [9.17, 15) is 9.59 Å². The number of alkyl carbamates (subject to hydrolysis) is 1. The van der Waals surface area contributed by atoms with E-state index in [2.05, 4.69) is 10.4 Å². The number of nitrogens with one attached hydrogen (secondary N) is 1. The Balaban J connectivity index is 2.57. The highest BCUT2D eigenvalue weighted by Crippen LogP contribution is 2.13. The summed E-state index contributed by atoms with van der Waals surface area (Å²) in [6, 6.07) is 0. The molecule has 7 nitrogen and oxygen atoms in total. The van der Waals surface area contributed by atoms with Crippen molar-refractivity contribution in [3.8, 4) is 0 Å². The second-order valence-corrected chi connectivity index (χ2v) is 6.38. The molecule has 0 aliphatic heterocycles. The van der Waals surface area contributed by atoms with Gasteiger partial charge >= 0.3 is 12.1 Å². The predicted molar refractivity (Wildman–Crippen MR) is 85.1 cm³/mol. The van der Waals surface area contributed by atoms with Crippen LogP contribution in [-0.2, 0) is 16.0 Å². The van der Waals surface area contributed by atoms with Gasteiger partial charge in [-0.2, -0.15) is 5.10 Å². The molecule has 0 aliphatic rings. The Labute approximate surface area is 137 Å². The number of halogens is 1. The number of esters is 1. The standard InChI is InChI=1S/C13H20IN3O4/c1-5-20-11(18)10-9(14)8-16-17(10)7-6-15-12(19)21-13(2,3)4/h8H,5-7H2,1-4H3,(H,15,19). The van der Waals surface area contributed by atoms with Crippen molar-refractivity contribution in [2.24, 2.45) is 0 Å². The molecule has 1 aromatic heterocycles. The van der Waals surface area contributed by atoms with Crippen LogP contribution in [0, 0.1) is 3.57 Å². The number of nitrogens with zero attached hydrogens (tertiary/aromatic N) is 2. The number of aromatic nitrogens is 2. The van der Waals surface area contributed by atoms with Gasteiger partial charge in [-0.25, -0.2) is 9.59 Å². The van der Waals surface area contributed by atoms with Gasteiger partial charge in [0.25, 0.3) is 0 Å². The highest BCUT2D eigenvalue weighted by Gasteiger charge is 2.19. The Morgan fingerprint density at radius 2 is 2.10 bits per heavy atom. The van der Waals surface area contributed by atoms with Crippen LogP contribution in [0.25, 0.3) is 0 Å². The summed E-state index contributed by atoms with van der Waals surface area (Å²) in [5, 5.41) is 6.73. The average molecular weight is 409 g/mol. The number of carbonyl (C=O) groups is 2. The Kier molecular flexibility index (Phi) is 6.43. The van der Waals surface area contributed by atoms with Crippen LogP contribution >= 0.6 is 22.6 Å². The first-order chi connectivity index (χ1) is 9.74. The minimum absolute atomic E-state index is 0.302. The minimum Gasteiger partial charge on any atom is -0.461 e. The highest BCUT2D eigenvalue weighted by molar-refractivity contribution is 14.1. The number of hydrogen-bond acceptors (Lipinski definition) is 5. The number of rotatable bonds is 5. The van der Waals surface area contributed by atoms with E-state index in [0.29, 0.717) is 29.0 Å². The topological polar surface area (TPSA) is 82.5 Å². The third-order valence-electron chi connectivity index (χ3n) is 2.26. The normalized spacial score (nSPS) is 11.1. The van der Waals surface area contributed by atoms with Gasteiger partial charge in [0.15, 0.2) is 5.69 Å². The molecule has 0 aliphatic carbocycles. The minimum atomic E-state index is -0.540. The summed E-state index contributed by atoms with van der Waals surface area (Å²) in [7, 11) is 0. The van der Waals surface area contributed by atoms with Crippen molar-refractivity contribution >= 4 is 34.7 Å². The number of amides is 1. The molecule has 1 rings (SSSR count). The van der Waals surface area contributed by atoms with Crippen LogP contribution in [0.2, 0.25) is 0 Å². The van der Waals surface area contributed by atoms with Crippen molar-refractivity contribution in [2.45, 2.75) is 39.8 Å². The maximum absolute atomic E-state index is 11.8. The van der Waals surface area contributed by atoms with Crippen LogP contribution < -0.4 is 5.32 Å². The second kappa shape index (κ2) is 7.62. The van der Waals surface area contributed by atoms with Gasteiger partial charge in [0.2, 0.25) is 0 Å². The molecular weight excluding hydrogens is 389 g/mol. The quantitative estimate of drug-likeness (QED) is 0.596. The van der Waals surface area contributed by atoms with Crippen LogP contribution in [0.4, 0.5) is 4.79 Å². The van der Waals surface area contributed by atoms with Crippen molar-refractivity contribution in [1.29, 1.82) is 0 Å². The van der Waals surface area contributed by atoms with Crippen molar-refractivity contribution < 1.29 is 19.1 Å². The molecule has 0 atom stereocenters. The number of ether oxygens (including phenoxy) is 2. The van der Waals surface area contributed by atoms with Crippen molar-refractivity contribution in [3.63, 3.8) is 0 Å². The molecule has 0 radical (unpaired) electrons. The zero-order valence-corrected chi connectivity index (χ0v) is 14.8.